The molecule has 3 rings (SSSR count). The first-order chi connectivity index (χ1) is 12.5. The highest BCUT2D eigenvalue weighted by Gasteiger charge is 2.46. The van der Waals surface area contributed by atoms with Crippen molar-refractivity contribution >= 4 is 5.78 Å². The maximum absolute atomic E-state index is 13.1. The number of ketones is 1. The number of methoxy groups -OCH3 is 4. The lowest BCUT2D eigenvalue weighted by Crippen LogP contribution is -2.45. The van der Waals surface area contributed by atoms with Crippen LogP contribution in [0.15, 0.2) is 30.3 Å². The molecule has 0 saturated heterocycles. The molecule has 1 aliphatic heterocycles. The average molecular weight is 360 g/mol. The van der Waals surface area contributed by atoms with E-state index in [1.807, 2.05) is 0 Å². The minimum Gasteiger partial charge on any atom is -0.493 e. The number of fused-ring (bicyclic) bond motifs is 1. The van der Waals surface area contributed by atoms with E-state index in [-0.39, 0.29) is 17.9 Å². The van der Waals surface area contributed by atoms with Crippen molar-refractivity contribution < 1.29 is 33.6 Å². The highest BCUT2D eigenvalue weighted by atomic mass is 16.5. The molecule has 26 heavy (non-hydrogen) atoms. The molecule has 0 fully saturated rings. The van der Waals surface area contributed by atoms with Crippen LogP contribution in [0.5, 0.6) is 28.7 Å². The van der Waals surface area contributed by atoms with Crippen LogP contribution in [0.3, 0.4) is 0 Å². The number of ether oxygens (including phenoxy) is 5. The van der Waals surface area contributed by atoms with Gasteiger partial charge in [0.1, 0.15) is 6.61 Å². The van der Waals surface area contributed by atoms with E-state index in [4.69, 9.17) is 23.7 Å². The molecule has 0 saturated carbocycles. The Morgan fingerprint density at radius 3 is 2.19 bits per heavy atom. The van der Waals surface area contributed by atoms with E-state index in [9.17, 15) is 9.90 Å². The first-order valence-corrected chi connectivity index (χ1v) is 7.87. The number of carbonyl (C=O) groups is 1. The number of hydrogen-bond acceptors (Lipinski definition) is 7. The van der Waals surface area contributed by atoms with Gasteiger partial charge < -0.3 is 28.8 Å². The first kappa shape index (κ1) is 17.9. The topological polar surface area (TPSA) is 83.5 Å². The van der Waals surface area contributed by atoms with Crippen LogP contribution in [0.1, 0.15) is 15.9 Å². The van der Waals surface area contributed by atoms with Crippen molar-refractivity contribution in [3.8, 4) is 28.7 Å². The van der Waals surface area contributed by atoms with Gasteiger partial charge in [0.25, 0.3) is 0 Å². The average Bonchev–Trinajstić information content (AvgIpc) is 2.69. The molecule has 0 amide bonds. The van der Waals surface area contributed by atoms with Crippen molar-refractivity contribution in [1.82, 2.24) is 0 Å². The molecule has 1 heterocycles. The van der Waals surface area contributed by atoms with Crippen LogP contribution < -0.4 is 23.7 Å². The minimum absolute atomic E-state index is 0.214. The molecular formula is C19H20O7. The summed E-state index contributed by atoms with van der Waals surface area (Å²) in [5.74, 6) is 1.41. The smallest absolute Gasteiger partial charge is 0.206 e. The molecule has 138 valence electrons. The van der Waals surface area contributed by atoms with Crippen molar-refractivity contribution in [2.75, 3.05) is 35.0 Å². The van der Waals surface area contributed by atoms with E-state index in [1.54, 1.807) is 30.3 Å². The summed E-state index contributed by atoms with van der Waals surface area (Å²) < 4.78 is 26.7. The van der Waals surface area contributed by atoms with Gasteiger partial charge in [-0.1, -0.05) is 6.07 Å². The lowest BCUT2D eigenvalue weighted by atomic mass is 9.84. The van der Waals surface area contributed by atoms with Crippen LogP contribution >= 0.6 is 0 Å². The Balaban J connectivity index is 2.08. The second kappa shape index (κ2) is 6.76. The summed E-state index contributed by atoms with van der Waals surface area (Å²) in [5.41, 5.74) is -1.29. The zero-order valence-electron chi connectivity index (χ0n) is 15.0. The van der Waals surface area contributed by atoms with Gasteiger partial charge in [0.2, 0.25) is 11.5 Å². The molecule has 0 radical (unpaired) electrons. The quantitative estimate of drug-likeness (QED) is 0.875. The van der Waals surface area contributed by atoms with Crippen molar-refractivity contribution in [2.24, 2.45) is 0 Å². The van der Waals surface area contributed by atoms with Gasteiger partial charge in [0.15, 0.2) is 28.6 Å². The van der Waals surface area contributed by atoms with Crippen molar-refractivity contribution in [3.63, 3.8) is 0 Å². The zero-order chi connectivity index (χ0) is 18.9. The Labute approximate surface area is 151 Å². The molecule has 1 aliphatic rings. The highest BCUT2D eigenvalue weighted by Crippen LogP contribution is 2.46. The number of Topliss-reactive ketones (excluding diaryl/α,β-unsaturated/α-hetero) is 1. The summed E-state index contributed by atoms with van der Waals surface area (Å²) in [4.78, 5) is 13.1. The predicted molar refractivity (Wildman–Crippen MR) is 92.8 cm³/mol. The zero-order valence-corrected chi connectivity index (χ0v) is 15.0. The normalized spacial score (nSPS) is 18.6. The maximum atomic E-state index is 13.1. The molecule has 1 atom stereocenters. The van der Waals surface area contributed by atoms with Gasteiger partial charge >= 0.3 is 0 Å². The van der Waals surface area contributed by atoms with Gasteiger partial charge in [0, 0.05) is 0 Å². The molecular weight excluding hydrogens is 340 g/mol. The molecule has 0 spiro atoms. The monoisotopic (exact) mass is 360 g/mol. The second-order valence-electron chi connectivity index (χ2n) is 5.73. The number of carbonyl (C=O) groups excluding carboxylic acids is 1. The molecule has 0 aliphatic carbocycles. The molecule has 1 unspecified atom stereocenters. The van der Waals surface area contributed by atoms with Gasteiger partial charge in [-0.3, -0.25) is 4.79 Å². The summed E-state index contributed by atoms with van der Waals surface area (Å²) in [6, 6.07) is 7.94. The van der Waals surface area contributed by atoms with E-state index >= 15 is 0 Å². The number of aliphatic hydroxyl groups is 1. The summed E-state index contributed by atoms with van der Waals surface area (Å²) >= 11 is 0. The Bertz CT molecular complexity index is 846. The number of rotatable bonds is 5. The van der Waals surface area contributed by atoms with E-state index < -0.39 is 11.4 Å². The molecule has 7 nitrogen and oxygen atoms in total. The van der Waals surface area contributed by atoms with Crippen LogP contribution in [0.4, 0.5) is 0 Å². The summed E-state index contributed by atoms with van der Waals surface area (Å²) in [7, 11) is 5.95. The van der Waals surface area contributed by atoms with Crippen molar-refractivity contribution in [2.45, 2.75) is 5.60 Å². The van der Waals surface area contributed by atoms with Gasteiger partial charge in [-0.2, -0.15) is 0 Å². The van der Waals surface area contributed by atoms with Crippen molar-refractivity contribution in [3.05, 3.63) is 41.5 Å². The van der Waals surface area contributed by atoms with Gasteiger partial charge in [-0.25, -0.2) is 0 Å². The van der Waals surface area contributed by atoms with E-state index in [2.05, 4.69) is 0 Å². The SMILES string of the molecule is COc1ccc(C2(O)COc3c(ccc(OC)c3OC)C2=O)cc1OC. The predicted octanol–water partition coefficient (Wildman–Crippen LogP) is 2.18. The lowest BCUT2D eigenvalue weighted by Gasteiger charge is -2.33. The Kier molecular flexibility index (Phi) is 4.65. The minimum atomic E-state index is -1.86. The molecule has 7 heteroatoms. The third-order valence-electron chi connectivity index (χ3n) is 4.41. The van der Waals surface area contributed by atoms with E-state index in [0.717, 1.165) is 0 Å². The Hall–Kier alpha value is -2.93. The Morgan fingerprint density at radius 2 is 1.58 bits per heavy atom. The van der Waals surface area contributed by atoms with Gasteiger partial charge in [-0.05, 0) is 29.8 Å². The van der Waals surface area contributed by atoms with E-state index in [1.165, 1.54) is 28.4 Å². The van der Waals surface area contributed by atoms with E-state index in [0.29, 0.717) is 28.6 Å². The van der Waals surface area contributed by atoms with Gasteiger partial charge in [-0.15, -0.1) is 0 Å². The summed E-state index contributed by atoms with van der Waals surface area (Å²) in [6.07, 6.45) is 0. The molecule has 2 aromatic carbocycles. The van der Waals surface area contributed by atoms with Crippen LogP contribution in [0.25, 0.3) is 0 Å². The lowest BCUT2D eigenvalue weighted by molar-refractivity contribution is -0.00596. The maximum Gasteiger partial charge on any atom is 0.206 e. The van der Waals surface area contributed by atoms with Gasteiger partial charge in [0.05, 0.1) is 34.0 Å². The van der Waals surface area contributed by atoms with Crippen LogP contribution in [-0.4, -0.2) is 45.9 Å². The van der Waals surface area contributed by atoms with Crippen LogP contribution in [0.2, 0.25) is 0 Å². The van der Waals surface area contributed by atoms with Crippen LogP contribution in [0, 0.1) is 0 Å². The fourth-order valence-electron chi connectivity index (χ4n) is 2.99. The second-order valence-corrected chi connectivity index (χ2v) is 5.73. The molecule has 1 N–H and O–H groups in total. The third kappa shape index (κ3) is 2.61. The number of hydrogen-bond donors (Lipinski definition) is 1. The van der Waals surface area contributed by atoms with Crippen molar-refractivity contribution in [1.29, 1.82) is 0 Å². The largest absolute Gasteiger partial charge is 0.493 e. The molecule has 0 aromatic heterocycles. The fraction of sp³-hybridized carbons (Fsp3) is 0.316. The summed E-state index contributed by atoms with van der Waals surface area (Å²) in [6.45, 7) is -0.266. The standard InChI is InChI=1S/C19H20O7/c1-22-13-7-5-11(9-15(13)24-3)19(21)10-26-16-12(18(19)20)6-8-14(23-2)17(16)25-4/h5-9,21H,10H2,1-4H3. The molecule has 0 bridgehead atoms. The first-order valence-electron chi connectivity index (χ1n) is 7.87. The fourth-order valence-corrected chi connectivity index (χ4v) is 2.99. The summed E-state index contributed by atoms with van der Waals surface area (Å²) in [5, 5.41) is 11.1. The van der Waals surface area contributed by atoms with Crippen LogP contribution in [-0.2, 0) is 5.60 Å². The third-order valence-corrected chi connectivity index (χ3v) is 4.41. The highest BCUT2D eigenvalue weighted by molar-refractivity contribution is 6.07. The Morgan fingerprint density at radius 1 is 0.923 bits per heavy atom. The molecule has 2 aromatic rings. The number of benzene rings is 2.